The average Bonchev–Trinajstić information content (AvgIpc) is 2.24. The molecule has 1 aliphatic carbocycles. The van der Waals surface area contributed by atoms with E-state index in [0.29, 0.717) is 12.5 Å². The minimum atomic E-state index is -0.598. The highest BCUT2D eigenvalue weighted by molar-refractivity contribution is 5.77. The zero-order valence-corrected chi connectivity index (χ0v) is 12.3. The molecular weight excluding hydrogens is 242 g/mol. The van der Waals surface area contributed by atoms with Crippen LogP contribution in [0.4, 0.5) is 4.79 Å². The number of piperidine rings is 1. The van der Waals surface area contributed by atoms with Crippen LogP contribution in [-0.4, -0.2) is 35.0 Å². The Bertz CT molecular complexity index is 357. The van der Waals surface area contributed by atoms with Crippen molar-refractivity contribution < 1.29 is 14.3 Å². The van der Waals surface area contributed by atoms with E-state index in [-0.39, 0.29) is 6.09 Å². The summed E-state index contributed by atoms with van der Waals surface area (Å²) in [5.74, 6) is 0.331. The first-order valence-corrected chi connectivity index (χ1v) is 7.36. The Morgan fingerprint density at radius 2 is 1.95 bits per heavy atom. The van der Waals surface area contributed by atoms with Crippen molar-refractivity contribution in [2.24, 2.45) is 5.92 Å². The third-order valence-electron chi connectivity index (χ3n) is 4.34. The Morgan fingerprint density at radius 1 is 1.26 bits per heavy atom. The molecule has 1 amide bonds. The van der Waals surface area contributed by atoms with Crippen LogP contribution in [0.1, 0.15) is 59.3 Å². The summed E-state index contributed by atoms with van der Waals surface area (Å²) in [5.41, 5.74) is -1.11. The van der Waals surface area contributed by atoms with E-state index >= 15 is 0 Å². The molecular formula is C15H25NO3. The fourth-order valence-corrected chi connectivity index (χ4v) is 3.15. The summed E-state index contributed by atoms with van der Waals surface area (Å²) in [6.45, 7) is 6.23. The summed E-state index contributed by atoms with van der Waals surface area (Å²) < 4.78 is 5.48. The maximum absolute atomic E-state index is 12.4. The summed E-state index contributed by atoms with van der Waals surface area (Å²) in [6.07, 6.45) is 6.74. The lowest BCUT2D eigenvalue weighted by atomic mass is 9.67. The standard InChI is InChI=1S/C15H25NO3/c1-14(2,3)19-13(18)16-10-5-4-9-15(16,11-17)12-7-6-8-12/h11-12H,4-10H2,1-3H3. The van der Waals surface area contributed by atoms with Gasteiger partial charge in [-0.05, 0) is 58.8 Å². The van der Waals surface area contributed by atoms with Gasteiger partial charge in [0.2, 0.25) is 0 Å². The molecule has 1 heterocycles. The van der Waals surface area contributed by atoms with Crippen molar-refractivity contribution in [3.8, 4) is 0 Å². The first kappa shape index (κ1) is 14.4. The number of nitrogens with zero attached hydrogens (tertiary/aromatic N) is 1. The number of amides is 1. The lowest BCUT2D eigenvalue weighted by molar-refractivity contribution is -0.128. The molecule has 1 atom stereocenters. The Kier molecular flexibility index (Phi) is 3.88. The molecule has 0 bridgehead atoms. The lowest BCUT2D eigenvalue weighted by Crippen LogP contribution is -2.62. The van der Waals surface area contributed by atoms with E-state index < -0.39 is 11.1 Å². The maximum Gasteiger partial charge on any atom is 0.411 e. The van der Waals surface area contributed by atoms with Crippen molar-refractivity contribution in [1.29, 1.82) is 0 Å². The average molecular weight is 267 g/mol. The van der Waals surface area contributed by atoms with Crippen LogP contribution in [0.25, 0.3) is 0 Å². The van der Waals surface area contributed by atoms with Crippen LogP contribution >= 0.6 is 0 Å². The second-order valence-corrected chi connectivity index (χ2v) is 6.83. The normalized spacial score (nSPS) is 28.7. The second kappa shape index (κ2) is 5.14. The minimum absolute atomic E-state index is 0.328. The molecule has 0 aromatic heterocycles. The Morgan fingerprint density at radius 3 is 2.42 bits per heavy atom. The summed E-state index contributed by atoms with van der Waals surface area (Å²) in [6, 6.07) is 0. The van der Waals surface area contributed by atoms with E-state index in [4.69, 9.17) is 4.74 Å². The number of carbonyl (C=O) groups is 2. The summed E-state index contributed by atoms with van der Waals surface area (Å²) in [5, 5.41) is 0. The quantitative estimate of drug-likeness (QED) is 0.722. The summed E-state index contributed by atoms with van der Waals surface area (Å²) >= 11 is 0. The highest BCUT2D eigenvalue weighted by Crippen LogP contribution is 2.44. The van der Waals surface area contributed by atoms with Gasteiger partial charge in [0.1, 0.15) is 17.4 Å². The lowest BCUT2D eigenvalue weighted by Gasteiger charge is -2.50. The van der Waals surface area contributed by atoms with Crippen molar-refractivity contribution in [2.45, 2.75) is 70.4 Å². The van der Waals surface area contributed by atoms with Gasteiger partial charge in [-0.15, -0.1) is 0 Å². The van der Waals surface area contributed by atoms with Gasteiger partial charge in [-0.1, -0.05) is 6.42 Å². The Hall–Kier alpha value is -1.06. The van der Waals surface area contributed by atoms with Gasteiger partial charge in [-0.2, -0.15) is 0 Å². The van der Waals surface area contributed by atoms with Crippen LogP contribution < -0.4 is 0 Å². The van der Waals surface area contributed by atoms with Crippen LogP contribution in [0.3, 0.4) is 0 Å². The van der Waals surface area contributed by atoms with Crippen molar-refractivity contribution in [3.05, 3.63) is 0 Å². The predicted octanol–water partition coefficient (Wildman–Crippen LogP) is 3.15. The van der Waals surface area contributed by atoms with Gasteiger partial charge in [-0.25, -0.2) is 4.79 Å². The van der Waals surface area contributed by atoms with Crippen molar-refractivity contribution >= 4 is 12.4 Å². The van der Waals surface area contributed by atoms with Crippen LogP contribution in [0.5, 0.6) is 0 Å². The van der Waals surface area contributed by atoms with Gasteiger partial charge >= 0.3 is 6.09 Å². The molecule has 0 aromatic carbocycles. The number of likely N-dealkylation sites (tertiary alicyclic amines) is 1. The molecule has 1 unspecified atom stereocenters. The van der Waals surface area contributed by atoms with Gasteiger partial charge in [0.05, 0.1) is 0 Å². The smallest absolute Gasteiger partial charge is 0.411 e. The highest BCUT2D eigenvalue weighted by Gasteiger charge is 2.50. The number of rotatable bonds is 2. The molecule has 0 spiro atoms. The third kappa shape index (κ3) is 2.77. The van der Waals surface area contributed by atoms with E-state index in [9.17, 15) is 9.59 Å². The van der Waals surface area contributed by atoms with E-state index in [1.165, 1.54) is 6.42 Å². The predicted molar refractivity (Wildman–Crippen MR) is 72.9 cm³/mol. The number of hydrogen-bond acceptors (Lipinski definition) is 3. The molecule has 1 aliphatic heterocycles. The third-order valence-corrected chi connectivity index (χ3v) is 4.34. The SMILES string of the molecule is CC(C)(C)OC(=O)N1CCCCC1(C=O)C1CCC1. The van der Waals surface area contributed by atoms with Crippen molar-refractivity contribution in [1.82, 2.24) is 4.90 Å². The molecule has 0 N–H and O–H groups in total. The van der Waals surface area contributed by atoms with Crippen LogP contribution in [0, 0.1) is 5.92 Å². The Labute approximate surface area is 115 Å². The summed E-state index contributed by atoms with van der Waals surface area (Å²) in [4.78, 5) is 25.8. The molecule has 2 rings (SSSR count). The maximum atomic E-state index is 12.4. The first-order chi connectivity index (χ1) is 8.89. The zero-order valence-electron chi connectivity index (χ0n) is 12.3. The van der Waals surface area contributed by atoms with Gasteiger partial charge < -0.3 is 9.53 Å². The second-order valence-electron chi connectivity index (χ2n) is 6.83. The van der Waals surface area contributed by atoms with E-state index in [1.54, 1.807) is 4.90 Å². The van der Waals surface area contributed by atoms with Gasteiger partial charge in [-0.3, -0.25) is 4.90 Å². The molecule has 2 fully saturated rings. The molecule has 0 aromatic rings. The molecule has 4 heteroatoms. The van der Waals surface area contributed by atoms with Gasteiger partial charge in [0.15, 0.2) is 0 Å². The molecule has 108 valence electrons. The minimum Gasteiger partial charge on any atom is -0.444 e. The van der Waals surface area contributed by atoms with Crippen molar-refractivity contribution in [2.75, 3.05) is 6.54 Å². The van der Waals surface area contributed by atoms with Gasteiger partial charge in [0, 0.05) is 6.54 Å². The van der Waals surface area contributed by atoms with Crippen molar-refractivity contribution in [3.63, 3.8) is 0 Å². The first-order valence-electron chi connectivity index (χ1n) is 7.36. The number of carbonyl (C=O) groups excluding carboxylic acids is 2. The van der Waals surface area contributed by atoms with E-state index in [0.717, 1.165) is 38.4 Å². The fraction of sp³-hybridized carbons (Fsp3) is 0.867. The number of hydrogen-bond donors (Lipinski definition) is 0. The van der Waals surface area contributed by atoms with E-state index in [2.05, 4.69) is 0 Å². The topological polar surface area (TPSA) is 46.6 Å². The molecule has 2 aliphatic rings. The largest absolute Gasteiger partial charge is 0.444 e. The number of aldehydes is 1. The monoisotopic (exact) mass is 267 g/mol. The molecule has 0 radical (unpaired) electrons. The van der Waals surface area contributed by atoms with E-state index in [1.807, 2.05) is 20.8 Å². The zero-order chi connectivity index (χ0) is 14.1. The summed E-state index contributed by atoms with van der Waals surface area (Å²) in [7, 11) is 0. The molecule has 4 nitrogen and oxygen atoms in total. The molecule has 1 saturated carbocycles. The highest BCUT2D eigenvalue weighted by atomic mass is 16.6. The van der Waals surface area contributed by atoms with Crippen LogP contribution in [0.2, 0.25) is 0 Å². The molecule has 19 heavy (non-hydrogen) atoms. The van der Waals surface area contributed by atoms with Crippen LogP contribution in [-0.2, 0) is 9.53 Å². The molecule has 1 saturated heterocycles. The van der Waals surface area contributed by atoms with Gasteiger partial charge in [0.25, 0.3) is 0 Å². The fourth-order valence-electron chi connectivity index (χ4n) is 3.15. The number of ether oxygens (including phenoxy) is 1. The van der Waals surface area contributed by atoms with Crippen LogP contribution in [0.15, 0.2) is 0 Å². The Balaban J connectivity index is 2.19.